The van der Waals surface area contributed by atoms with Crippen LogP contribution in [0.4, 0.5) is 0 Å². The average Bonchev–Trinajstić information content (AvgIpc) is 2.17. The molecule has 1 rings (SSSR count). The lowest BCUT2D eigenvalue weighted by Gasteiger charge is -2.46. The maximum atomic E-state index is 3.41. The molecule has 0 bridgehead atoms. The zero-order chi connectivity index (χ0) is 12.4. The number of rotatable bonds is 3. The topological polar surface area (TPSA) is 12.0 Å². The molecule has 0 spiro atoms. The molecule has 1 aliphatic rings. The molecule has 1 saturated carbocycles. The van der Waals surface area contributed by atoms with Crippen LogP contribution in [0.5, 0.6) is 0 Å². The predicted molar refractivity (Wildman–Crippen MR) is 72.6 cm³/mol. The fourth-order valence-electron chi connectivity index (χ4n) is 3.37. The summed E-state index contributed by atoms with van der Waals surface area (Å²) in [5.41, 5.74) is 1.07. The molecule has 1 nitrogen and oxygen atoms in total. The minimum absolute atomic E-state index is 0.503. The van der Waals surface area contributed by atoms with Crippen LogP contribution in [0.25, 0.3) is 0 Å². The van der Waals surface area contributed by atoms with Crippen LogP contribution in [0.15, 0.2) is 0 Å². The summed E-state index contributed by atoms with van der Waals surface area (Å²) >= 11 is 0. The summed E-state index contributed by atoms with van der Waals surface area (Å²) in [4.78, 5) is 0. The van der Waals surface area contributed by atoms with E-state index in [1.54, 1.807) is 0 Å². The van der Waals surface area contributed by atoms with Crippen molar-refractivity contribution >= 4 is 0 Å². The van der Waals surface area contributed by atoms with Crippen LogP contribution in [0.2, 0.25) is 0 Å². The normalized spacial score (nSPS) is 32.1. The summed E-state index contributed by atoms with van der Waals surface area (Å²) < 4.78 is 0. The van der Waals surface area contributed by atoms with Gasteiger partial charge in [0.2, 0.25) is 0 Å². The van der Waals surface area contributed by atoms with Crippen LogP contribution in [0, 0.1) is 22.7 Å². The van der Waals surface area contributed by atoms with Gasteiger partial charge in [-0.15, -0.1) is 0 Å². The van der Waals surface area contributed by atoms with E-state index in [4.69, 9.17) is 0 Å². The molecule has 0 heterocycles. The van der Waals surface area contributed by atoms with Crippen molar-refractivity contribution < 1.29 is 0 Å². The summed E-state index contributed by atoms with van der Waals surface area (Å²) in [5.74, 6) is 1.73. The lowest BCUT2D eigenvalue weighted by molar-refractivity contribution is 0.0528. The molecule has 0 atom stereocenters. The van der Waals surface area contributed by atoms with Crippen molar-refractivity contribution in [2.75, 3.05) is 13.6 Å². The number of hydrogen-bond donors (Lipinski definition) is 1. The van der Waals surface area contributed by atoms with Gasteiger partial charge in [0.1, 0.15) is 0 Å². The van der Waals surface area contributed by atoms with E-state index in [-0.39, 0.29) is 0 Å². The van der Waals surface area contributed by atoms with Crippen LogP contribution in [0.1, 0.15) is 60.3 Å². The minimum atomic E-state index is 0.503. The Hall–Kier alpha value is -0.0400. The molecule has 0 aromatic heterocycles. The van der Waals surface area contributed by atoms with Crippen molar-refractivity contribution in [3.8, 4) is 0 Å². The third-order valence-electron chi connectivity index (χ3n) is 4.96. The van der Waals surface area contributed by atoms with Crippen molar-refractivity contribution in [3.63, 3.8) is 0 Å². The molecule has 1 heteroatoms. The summed E-state index contributed by atoms with van der Waals surface area (Å²) in [6.45, 7) is 13.2. The van der Waals surface area contributed by atoms with Gasteiger partial charge in [-0.05, 0) is 55.4 Å². The van der Waals surface area contributed by atoms with Gasteiger partial charge >= 0.3 is 0 Å². The van der Waals surface area contributed by atoms with Gasteiger partial charge in [-0.2, -0.15) is 0 Å². The van der Waals surface area contributed by atoms with E-state index in [0.29, 0.717) is 10.8 Å². The Morgan fingerprint density at radius 1 is 1.19 bits per heavy atom. The van der Waals surface area contributed by atoms with Crippen molar-refractivity contribution in [3.05, 3.63) is 0 Å². The molecule has 0 saturated heterocycles. The molecule has 16 heavy (non-hydrogen) atoms. The Balaban J connectivity index is 2.63. The lowest BCUT2D eigenvalue weighted by atomic mass is 9.60. The molecular formula is C15H31N. The van der Waals surface area contributed by atoms with E-state index in [9.17, 15) is 0 Å². The third kappa shape index (κ3) is 3.00. The first-order chi connectivity index (χ1) is 7.32. The highest BCUT2D eigenvalue weighted by Gasteiger charge is 2.40. The first kappa shape index (κ1) is 14.0. The fourth-order valence-corrected chi connectivity index (χ4v) is 3.37. The molecule has 96 valence electrons. The Morgan fingerprint density at radius 2 is 1.69 bits per heavy atom. The summed E-state index contributed by atoms with van der Waals surface area (Å²) in [7, 11) is 2.10. The van der Waals surface area contributed by atoms with E-state index in [1.807, 2.05) is 0 Å². The van der Waals surface area contributed by atoms with E-state index in [0.717, 1.165) is 11.8 Å². The minimum Gasteiger partial charge on any atom is -0.319 e. The van der Waals surface area contributed by atoms with E-state index >= 15 is 0 Å². The molecule has 0 unspecified atom stereocenters. The molecule has 0 amide bonds. The maximum Gasteiger partial charge on any atom is 0.000726 e. The van der Waals surface area contributed by atoms with E-state index in [1.165, 1.54) is 32.2 Å². The fraction of sp³-hybridized carbons (Fsp3) is 1.00. The van der Waals surface area contributed by atoms with Gasteiger partial charge in [0.25, 0.3) is 0 Å². The Morgan fingerprint density at radius 3 is 2.00 bits per heavy atom. The molecule has 1 N–H and O–H groups in total. The van der Waals surface area contributed by atoms with Crippen LogP contribution in [-0.2, 0) is 0 Å². The molecule has 1 fully saturated rings. The molecule has 0 aliphatic heterocycles. The van der Waals surface area contributed by atoms with E-state index < -0.39 is 0 Å². The van der Waals surface area contributed by atoms with Gasteiger partial charge in [0.15, 0.2) is 0 Å². The van der Waals surface area contributed by atoms with Crippen LogP contribution < -0.4 is 5.32 Å². The molecular weight excluding hydrogens is 194 g/mol. The second kappa shape index (κ2) is 5.08. The Kier molecular flexibility index (Phi) is 4.45. The number of hydrogen-bond acceptors (Lipinski definition) is 1. The van der Waals surface area contributed by atoms with Crippen molar-refractivity contribution in [2.45, 2.75) is 60.3 Å². The molecule has 0 radical (unpaired) electrons. The van der Waals surface area contributed by atoms with Gasteiger partial charge in [0.05, 0.1) is 0 Å². The lowest BCUT2D eigenvalue weighted by Crippen LogP contribution is -2.42. The number of nitrogens with one attached hydrogen (secondary N) is 1. The SMILES string of the molecule is CNCC1(C(C)C)CCC(C(C)(C)C)CC1. The zero-order valence-electron chi connectivity index (χ0n) is 12.2. The quantitative estimate of drug-likeness (QED) is 0.763. The largest absolute Gasteiger partial charge is 0.319 e. The highest BCUT2D eigenvalue weighted by Crippen LogP contribution is 2.48. The van der Waals surface area contributed by atoms with Gasteiger partial charge < -0.3 is 5.32 Å². The standard InChI is InChI=1S/C15H31N/c1-12(2)15(11-16-6)9-7-13(8-10-15)14(3,4)5/h12-13,16H,7-11H2,1-6H3. The van der Waals surface area contributed by atoms with Crippen molar-refractivity contribution in [1.82, 2.24) is 5.32 Å². The summed E-state index contributed by atoms with van der Waals surface area (Å²) in [5, 5.41) is 3.41. The Labute approximate surface area is 102 Å². The van der Waals surface area contributed by atoms with Crippen molar-refractivity contribution in [2.24, 2.45) is 22.7 Å². The van der Waals surface area contributed by atoms with Gasteiger partial charge in [-0.25, -0.2) is 0 Å². The first-order valence-corrected chi connectivity index (χ1v) is 6.96. The smallest absolute Gasteiger partial charge is 0.000726 e. The molecule has 0 aromatic rings. The van der Waals surface area contributed by atoms with Gasteiger partial charge in [-0.3, -0.25) is 0 Å². The van der Waals surface area contributed by atoms with Crippen LogP contribution >= 0.6 is 0 Å². The van der Waals surface area contributed by atoms with E-state index in [2.05, 4.69) is 47.0 Å². The zero-order valence-corrected chi connectivity index (χ0v) is 12.2. The second-order valence-electron chi connectivity index (χ2n) is 7.19. The van der Waals surface area contributed by atoms with Crippen LogP contribution in [-0.4, -0.2) is 13.6 Å². The second-order valence-corrected chi connectivity index (χ2v) is 7.19. The average molecular weight is 225 g/mol. The van der Waals surface area contributed by atoms with Crippen LogP contribution in [0.3, 0.4) is 0 Å². The highest BCUT2D eigenvalue weighted by molar-refractivity contribution is 4.91. The highest BCUT2D eigenvalue weighted by atomic mass is 14.8. The Bertz CT molecular complexity index is 204. The predicted octanol–water partition coefficient (Wildman–Crippen LogP) is 4.08. The molecule has 0 aromatic carbocycles. The summed E-state index contributed by atoms with van der Waals surface area (Å²) in [6, 6.07) is 0. The maximum absolute atomic E-state index is 3.41. The van der Waals surface area contributed by atoms with Crippen molar-refractivity contribution in [1.29, 1.82) is 0 Å². The molecule has 1 aliphatic carbocycles. The van der Waals surface area contributed by atoms with Gasteiger partial charge in [-0.1, -0.05) is 34.6 Å². The summed E-state index contributed by atoms with van der Waals surface area (Å²) in [6.07, 6.45) is 5.66. The third-order valence-corrected chi connectivity index (χ3v) is 4.96. The first-order valence-electron chi connectivity index (χ1n) is 6.96. The van der Waals surface area contributed by atoms with Gasteiger partial charge in [0, 0.05) is 6.54 Å². The monoisotopic (exact) mass is 225 g/mol.